The zero-order valence-corrected chi connectivity index (χ0v) is 10.9. The van der Waals surface area contributed by atoms with Crippen LogP contribution >= 0.6 is 0 Å². The van der Waals surface area contributed by atoms with E-state index in [-0.39, 0.29) is 23.7 Å². The maximum absolute atomic E-state index is 12.0. The molecule has 0 radical (unpaired) electrons. The van der Waals surface area contributed by atoms with E-state index in [9.17, 15) is 9.59 Å². The van der Waals surface area contributed by atoms with Gasteiger partial charge in [0.1, 0.15) is 0 Å². The van der Waals surface area contributed by atoms with Crippen LogP contribution < -0.4 is 10.6 Å². The first-order valence-electron chi connectivity index (χ1n) is 6.35. The highest BCUT2D eigenvalue weighted by molar-refractivity contribution is 5.99. The predicted molar refractivity (Wildman–Crippen MR) is 74.6 cm³/mol. The van der Waals surface area contributed by atoms with E-state index in [1.807, 2.05) is 6.07 Å². The van der Waals surface area contributed by atoms with Crippen molar-refractivity contribution in [3.05, 3.63) is 42.5 Å². The summed E-state index contributed by atoms with van der Waals surface area (Å²) < 4.78 is 0. The number of benzene rings is 1. The van der Waals surface area contributed by atoms with Crippen molar-refractivity contribution in [3.63, 3.8) is 0 Å². The largest absolute Gasteiger partial charge is 0.352 e. The molecule has 5 heteroatoms. The van der Waals surface area contributed by atoms with Gasteiger partial charge in [-0.25, -0.2) is 0 Å². The molecule has 1 saturated carbocycles. The standard InChI is InChI=1S/C15H15N3O2/c1-2-6-17-14(19)12-8-13(12)15(20)18-11-5-3-4-10(7-11)9-16/h2-5,7,12-13H,1,6,8H2,(H,17,19)(H,18,20). The Labute approximate surface area is 117 Å². The lowest BCUT2D eigenvalue weighted by molar-refractivity contribution is -0.125. The maximum atomic E-state index is 12.0. The minimum absolute atomic E-state index is 0.115. The van der Waals surface area contributed by atoms with Crippen LogP contribution in [0.5, 0.6) is 0 Å². The first-order chi connectivity index (χ1) is 9.65. The SMILES string of the molecule is C=CCNC(=O)C1CC1C(=O)Nc1cccc(C#N)c1. The number of carbonyl (C=O) groups excluding carboxylic acids is 2. The Bertz CT molecular complexity index is 589. The Morgan fingerprint density at radius 2 is 2.15 bits per heavy atom. The van der Waals surface area contributed by atoms with Crippen LogP contribution in [0.2, 0.25) is 0 Å². The summed E-state index contributed by atoms with van der Waals surface area (Å²) >= 11 is 0. The lowest BCUT2D eigenvalue weighted by atomic mass is 10.2. The van der Waals surface area contributed by atoms with Crippen molar-refractivity contribution < 1.29 is 9.59 Å². The zero-order chi connectivity index (χ0) is 14.5. The molecule has 0 aliphatic heterocycles. The molecule has 2 rings (SSSR count). The molecular formula is C15H15N3O2. The van der Waals surface area contributed by atoms with E-state index in [1.165, 1.54) is 0 Å². The lowest BCUT2D eigenvalue weighted by Gasteiger charge is -2.05. The van der Waals surface area contributed by atoms with E-state index in [0.29, 0.717) is 24.2 Å². The van der Waals surface area contributed by atoms with Gasteiger partial charge in [0.05, 0.1) is 23.5 Å². The van der Waals surface area contributed by atoms with Gasteiger partial charge in [0.15, 0.2) is 0 Å². The second-order valence-corrected chi connectivity index (χ2v) is 4.66. The first kappa shape index (κ1) is 13.8. The normalized spacial score (nSPS) is 19.6. The third-order valence-corrected chi connectivity index (χ3v) is 3.14. The first-order valence-corrected chi connectivity index (χ1v) is 6.35. The Balaban J connectivity index is 1.89. The molecule has 1 aromatic carbocycles. The van der Waals surface area contributed by atoms with Crippen molar-refractivity contribution in [3.8, 4) is 6.07 Å². The smallest absolute Gasteiger partial charge is 0.228 e. The molecule has 2 N–H and O–H groups in total. The summed E-state index contributed by atoms with van der Waals surface area (Å²) in [6.45, 7) is 3.93. The van der Waals surface area contributed by atoms with Crippen LogP contribution in [0.15, 0.2) is 36.9 Å². The Morgan fingerprint density at radius 1 is 1.40 bits per heavy atom. The minimum Gasteiger partial charge on any atom is -0.352 e. The van der Waals surface area contributed by atoms with Gasteiger partial charge in [0, 0.05) is 12.2 Å². The van der Waals surface area contributed by atoms with Crippen molar-refractivity contribution in [2.75, 3.05) is 11.9 Å². The Hall–Kier alpha value is -2.61. The highest BCUT2D eigenvalue weighted by atomic mass is 16.2. The molecule has 0 aromatic heterocycles. The van der Waals surface area contributed by atoms with E-state index < -0.39 is 0 Å². The van der Waals surface area contributed by atoms with E-state index in [2.05, 4.69) is 17.2 Å². The molecule has 5 nitrogen and oxygen atoms in total. The summed E-state index contributed by atoms with van der Waals surface area (Å²) in [6.07, 6.45) is 2.16. The molecule has 1 aliphatic rings. The van der Waals surface area contributed by atoms with Crippen molar-refractivity contribution >= 4 is 17.5 Å². The van der Waals surface area contributed by atoms with E-state index in [1.54, 1.807) is 30.3 Å². The molecule has 1 aromatic rings. The van der Waals surface area contributed by atoms with Gasteiger partial charge in [-0.15, -0.1) is 6.58 Å². The summed E-state index contributed by atoms with van der Waals surface area (Å²) in [5, 5.41) is 14.2. The molecule has 2 unspecified atom stereocenters. The molecule has 0 saturated heterocycles. The summed E-state index contributed by atoms with van der Waals surface area (Å²) in [5.41, 5.74) is 1.06. The number of hydrogen-bond donors (Lipinski definition) is 2. The van der Waals surface area contributed by atoms with Gasteiger partial charge in [0.2, 0.25) is 11.8 Å². The van der Waals surface area contributed by atoms with Crippen molar-refractivity contribution in [2.45, 2.75) is 6.42 Å². The summed E-state index contributed by atoms with van der Waals surface area (Å²) in [5.74, 6) is -0.839. The van der Waals surface area contributed by atoms with Gasteiger partial charge < -0.3 is 10.6 Å². The summed E-state index contributed by atoms with van der Waals surface area (Å²) in [4.78, 5) is 23.6. The van der Waals surface area contributed by atoms with Gasteiger partial charge in [-0.1, -0.05) is 12.1 Å². The number of hydrogen-bond acceptors (Lipinski definition) is 3. The fourth-order valence-electron chi connectivity index (χ4n) is 1.98. The molecule has 2 amide bonds. The van der Waals surface area contributed by atoms with Crippen molar-refractivity contribution in [1.82, 2.24) is 5.32 Å². The van der Waals surface area contributed by atoms with E-state index in [0.717, 1.165) is 0 Å². The number of rotatable bonds is 5. The Kier molecular flexibility index (Phi) is 4.16. The van der Waals surface area contributed by atoms with Crippen LogP contribution in [0.1, 0.15) is 12.0 Å². The molecular weight excluding hydrogens is 254 g/mol. The monoisotopic (exact) mass is 269 g/mol. The molecule has 1 fully saturated rings. The quantitative estimate of drug-likeness (QED) is 0.793. The predicted octanol–water partition coefficient (Wildman–Crippen LogP) is 1.44. The third kappa shape index (κ3) is 3.23. The molecule has 1 aliphatic carbocycles. The van der Waals surface area contributed by atoms with Gasteiger partial charge >= 0.3 is 0 Å². The molecule has 102 valence electrons. The van der Waals surface area contributed by atoms with Gasteiger partial charge in [-0.2, -0.15) is 5.26 Å². The number of carbonyl (C=O) groups is 2. The average Bonchev–Trinajstić information content (AvgIpc) is 3.25. The number of nitriles is 1. The third-order valence-electron chi connectivity index (χ3n) is 3.14. The summed E-state index contributed by atoms with van der Waals surface area (Å²) in [6, 6.07) is 8.70. The molecule has 0 spiro atoms. The zero-order valence-electron chi connectivity index (χ0n) is 10.9. The van der Waals surface area contributed by atoms with Crippen molar-refractivity contribution in [2.24, 2.45) is 11.8 Å². The summed E-state index contributed by atoms with van der Waals surface area (Å²) in [7, 11) is 0. The highest BCUT2D eigenvalue weighted by Crippen LogP contribution is 2.39. The van der Waals surface area contributed by atoms with Gasteiger partial charge in [-0.05, 0) is 24.6 Å². The lowest BCUT2D eigenvalue weighted by Crippen LogP contribution is -2.27. The van der Waals surface area contributed by atoms with Crippen LogP contribution in [-0.4, -0.2) is 18.4 Å². The van der Waals surface area contributed by atoms with Crippen LogP contribution in [0.25, 0.3) is 0 Å². The molecule has 20 heavy (non-hydrogen) atoms. The molecule has 2 atom stereocenters. The van der Waals surface area contributed by atoms with Crippen molar-refractivity contribution in [1.29, 1.82) is 5.26 Å². The Morgan fingerprint density at radius 3 is 2.85 bits per heavy atom. The number of nitrogens with zero attached hydrogens (tertiary/aromatic N) is 1. The maximum Gasteiger partial charge on any atom is 0.228 e. The number of nitrogens with one attached hydrogen (secondary N) is 2. The van der Waals surface area contributed by atoms with Crippen LogP contribution in [0, 0.1) is 23.2 Å². The second kappa shape index (κ2) is 6.02. The van der Waals surface area contributed by atoms with Crippen LogP contribution in [0.3, 0.4) is 0 Å². The van der Waals surface area contributed by atoms with Gasteiger partial charge in [0.25, 0.3) is 0 Å². The number of amides is 2. The van der Waals surface area contributed by atoms with Gasteiger partial charge in [-0.3, -0.25) is 9.59 Å². The highest BCUT2D eigenvalue weighted by Gasteiger charge is 2.47. The fourth-order valence-corrected chi connectivity index (χ4v) is 1.98. The van der Waals surface area contributed by atoms with E-state index >= 15 is 0 Å². The topological polar surface area (TPSA) is 82.0 Å². The molecule has 0 heterocycles. The molecule has 0 bridgehead atoms. The van der Waals surface area contributed by atoms with E-state index in [4.69, 9.17) is 5.26 Å². The fraction of sp³-hybridized carbons (Fsp3) is 0.267. The van der Waals surface area contributed by atoms with Crippen LogP contribution in [-0.2, 0) is 9.59 Å². The second-order valence-electron chi connectivity index (χ2n) is 4.66. The van der Waals surface area contributed by atoms with Crippen LogP contribution in [0.4, 0.5) is 5.69 Å². The average molecular weight is 269 g/mol. The number of anilines is 1. The minimum atomic E-state index is -0.287.